The quantitative estimate of drug-likeness (QED) is 0.197. The standard InChI is InChI=1S/2C10H14N4O4/c2*1-12-8-7(9(17)13(2)10(12)18)14(5-11-8)3-6(16)4-15/h2*5-6,15-16H,3-4H2,1-2H3. The summed E-state index contributed by atoms with van der Waals surface area (Å²) in [5.41, 5.74) is -0.895. The van der Waals surface area contributed by atoms with Gasteiger partial charge in [0, 0.05) is 28.2 Å². The molecule has 0 aromatic carbocycles. The van der Waals surface area contributed by atoms with Gasteiger partial charge in [-0.05, 0) is 0 Å². The Bertz CT molecular complexity index is 1510. The van der Waals surface area contributed by atoms with Crippen molar-refractivity contribution in [3.63, 3.8) is 0 Å². The van der Waals surface area contributed by atoms with Gasteiger partial charge in [0.25, 0.3) is 11.1 Å². The summed E-state index contributed by atoms with van der Waals surface area (Å²) in [6.07, 6.45) is 0.767. The van der Waals surface area contributed by atoms with E-state index >= 15 is 0 Å². The Labute approximate surface area is 201 Å². The molecule has 0 amide bonds. The predicted octanol–water partition coefficient (Wildman–Crippen LogP) is -4.43. The van der Waals surface area contributed by atoms with Crippen LogP contribution in [0.1, 0.15) is 0 Å². The minimum Gasteiger partial charge on any atom is -0.394 e. The smallest absolute Gasteiger partial charge is 0.332 e. The zero-order valence-electron chi connectivity index (χ0n) is 20.1. The van der Waals surface area contributed by atoms with Gasteiger partial charge in [0.1, 0.15) is 0 Å². The number of hydrogen-bond donors (Lipinski definition) is 4. The summed E-state index contributed by atoms with van der Waals surface area (Å²) in [7, 11) is 5.79. The highest BCUT2D eigenvalue weighted by Gasteiger charge is 2.17. The van der Waals surface area contributed by atoms with Crippen molar-refractivity contribution in [1.29, 1.82) is 0 Å². The van der Waals surface area contributed by atoms with Gasteiger partial charge in [0.05, 0.1) is 51.2 Å². The number of aryl methyl sites for hydroxylation is 2. The molecule has 2 unspecified atom stereocenters. The minimum absolute atomic E-state index is 0.0421. The van der Waals surface area contributed by atoms with Crippen molar-refractivity contribution in [2.24, 2.45) is 28.2 Å². The summed E-state index contributed by atoms with van der Waals surface area (Å²) in [5.74, 6) is 0. The van der Waals surface area contributed by atoms with Crippen molar-refractivity contribution >= 4 is 22.3 Å². The van der Waals surface area contributed by atoms with Gasteiger partial charge < -0.3 is 29.6 Å². The van der Waals surface area contributed by atoms with Gasteiger partial charge in [0.15, 0.2) is 22.3 Å². The second-order valence-electron chi connectivity index (χ2n) is 8.22. The fourth-order valence-corrected chi connectivity index (χ4v) is 3.64. The maximum absolute atomic E-state index is 12.0. The molecule has 4 heterocycles. The van der Waals surface area contributed by atoms with Gasteiger partial charge in [-0.1, -0.05) is 0 Å². The fraction of sp³-hybridized carbons (Fsp3) is 0.500. The van der Waals surface area contributed by atoms with E-state index in [1.54, 1.807) is 0 Å². The van der Waals surface area contributed by atoms with Crippen LogP contribution in [0.5, 0.6) is 0 Å². The molecule has 0 aliphatic carbocycles. The Morgan fingerprint density at radius 1 is 0.667 bits per heavy atom. The number of fused-ring (bicyclic) bond motifs is 2. The lowest BCUT2D eigenvalue weighted by molar-refractivity contribution is 0.0820. The van der Waals surface area contributed by atoms with Crippen molar-refractivity contribution in [3.05, 3.63) is 54.3 Å². The molecule has 0 aliphatic rings. The third kappa shape index (κ3) is 4.66. The van der Waals surface area contributed by atoms with E-state index in [0.29, 0.717) is 0 Å². The van der Waals surface area contributed by atoms with Crippen LogP contribution in [-0.2, 0) is 41.3 Å². The number of hydrogen-bond acceptors (Lipinski definition) is 10. The molecular formula is C20H28N8O8. The Morgan fingerprint density at radius 2 is 1.00 bits per heavy atom. The minimum atomic E-state index is -0.982. The second kappa shape index (κ2) is 10.4. The molecular weight excluding hydrogens is 480 g/mol. The Kier molecular flexibility index (Phi) is 7.73. The topological polar surface area (TPSA) is 205 Å². The largest absolute Gasteiger partial charge is 0.394 e. The van der Waals surface area contributed by atoms with Crippen molar-refractivity contribution < 1.29 is 20.4 Å². The van der Waals surface area contributed by atoms with Crippen molar-refractivity contribution in [3.8, 4) is 0 Å². The molecule has 4 aromatic rings. The average Bonchev–Trinajstić information content (AvgIpc) is 3.48. The van der Waals surface area contributed by atoms with Crippen LogP contribution in [-0.4, -0.2) is 83.2 Å². The van der Waals surface area contributed by atoms with Gasteiger partial charge in [0.2, 0.25) is 0 Å². The van der Waals surface area contributed by atoms with Crippen LogP contribution >= 0.6 is 0 Å². The molecule has 0 aliphatic heterocycles. The summed E-state index contributed by atoms with van der Waals surface area (Å²) < 4.78 is 7.34. The highest BCUT2D eigenvalue weighted by molar-refractivity contribution is 5.70. The first-order valence-corrected chi connectivity index (χ1v) is 10.7. The first kappa shape index (κ1) is 26.7. The Morgan fingerprint density at radius 3 is 1.31 bits per heavy atom. The lowest BCUT2D eigenvalue weighted by Crippen LogP contribution is -2.38. The van der Waals surface area contributed by atoms with Crippen LogP contribution in [0.15, 0.2) is 31.8 Å². The molecule has 0 spiro atoms. The molecule has 4 rings (SSSR count). The van der Waals surface area contributed by atoms with Gasteiger partial charge >= 0.3 is 11.4 Å². The molecule has 4 N–H and O–H groups in total. The number of aliphatic hydroxyl groups is 4. The van der Waals surface area contributed by atoms with Gasteiger partial charge in [-0.25, -0.2) is 19.6 Å². The van der Waals surface area contributed by atoms with Crippen LogP contribution in [0.4, 0.5) is 0 Å². The third-order valence-corrected chi connectivity index (χ3v) is 5.67. The van der Waals surface area contributed by atoms with Crippen molar-refractivity contribution in [2.45, 2.75) is 25.3 Å². The van der Waals surface area contributed by atoms with Gasteiger partial charge in [-0.15, -0.1) is 0 Å². The summed E-state index contributed by atoms with van der Waals surface area (Å²) in [5, 5.41) is 36.4. The summed E-state index contributed by atoms with van der Waals surface area (Å²) in [6, 6.07) is 0. The summed E-state index contributed by atoms with van der Waals surface area (Å²) in [6.45, 7) is -0.738. The monoisotopic (exact) mass is 508 g/mol. The molecule has 0 fully saturated rings. The van der Waals surface area contributed by atoms with E-state index in [9.17, 15) is 29.4 Å². The number of imidazole rings is 2. The molecule has 36 heavy (non-hydrogen) atoms. The summed E-state index contributed by atoms with van der Waals surface area (Å²) in [4.78, 5) is 55.3. The molecule has 0 saturated carbocycles. The number of rotatable bonds is 6. The van der Waals surface area contributed by atoms with E-state index < -0.39 is 47.9 Å². The van der Waals surface area contributed by atoms with E-state index in [1.807, 2.05) is 0 Å². The van der Waals surface area contributed by atoms with E-state index in [4.69, 9.17) is 10.2 Å². The molecule has 16 heteroatoms. The lowest BCUT2D eigenvalue weighted by atomic mass is 10.3. The number of aliphatic hydroxyl groups excluding tert-OH is 4. The van der Waals surface area contributed by atoms with E-state index in [0.717, 1.165) is 9.13 Å². The second-order valence-corrected chi connectivity index (χ2v) is 8.22. The first-order valence-electron chi connectivity index (χ1n) is 10.7. The zero-order chi connectivity index (χ0) is 26.9. The molecule has 0 bridgehead atoms. The molecule has 0 saturated heterocycles. The van der Waals surface area contributed by atoms with Crippen LogP contribution in [0.3, 0.4) is 0 Å². The van der Waals surface area contributed by atoms with E-state index in [1.165, 1.54) is 59.1 Å². The molecule has 2 atom stereocenters. The lowest BCUT2D eigenvalue weighted by Gasteiger charge is -2.09. The molecule has 16 nitrogen and oxygen atoms in total. The average molecular weight is 508 g/mol. The van der Waals surface area contributed by atoms with E-state index in [-0.39, 0.29) is 35.4 Å². The van der Waals surface area contributed by atoms with Gasteiger partial charge in [-0.2, -0.15) is 0 Å². The summed E-state index contributed by atoms with van der Waals surface area (Å²) >= 11 is 0. The molecule has 4 aromatic heterocycles. The molecule has 196 valence electrons. The van der Waals surface area contributed by atoms with E-state index in [2.05, 4.69) is 9.97 Å². The van der Waals surface area contributed by atoms with Crippen LogP contribution in [0, 0.1) is 0 Å². The zero-order valence-corrected chi connectivity index (χ0v) is 20.1. The highest BCUT2D eigenvalue weighted by atomic mass is 16.3. The van der Waals surface area contributed by atoms with Crippen LogP contribution in [0.2, 0.25) is 0 Å². The van der Waals surface area contributed by atoms with Gasteiger partial charge in [-0.3, -0.25) is 27.9 Å². The SMILES string of the molecule is Cn1c(=O)c2c(ncn2CC(O)CO)n(C)c1=O.Cn1c(=O)c2c(ncn2CC(O)CO)n(C)c1=O. The van der Waals surface area contributed by atoms with Crippen molar-refractivity contribution in [2.75, 3.05) is 13.2 Å². The Hall–Kier alpha value is -3.86. The third-order valence-electron chi connectivity index (χ3n) is 5.67. The van der Waals surface area contributed by atoms with Crippen molar-refractivity contribution in [1.82, 2.24) is 37.4 Å². The normalized spacial score (nSPS) is 13.1. The molecule has 0 radical (unpaired) electrons. The maximum Gasteiger partial charge on any atom is 0.332 e. The van der Waals surface area contributed by atoms with Crippen LogP contribution in [0.25, 0.3) is 22.3 Å². The fourth-order valence-electron chi connectivity index (χ4n) is 3.64. The number of nitrogens with zero attached hydrogens (tertiary/aromatic N) is 8. The predicted molar refractivity (Wildman–Crippen MR) is 127 cm³/mol. The number of aromatic nitrogens is 8. The van der Waals surface area contributed by atoms with Crippen LogP contribution < -0.4 is 22.5 Å². The Balaban J connectivity index is 0.000000201. The first-order chi connectivity index (χ1) is 16.9. The highest BCUT2D eigenvalue weighted by Crippen LogP contribution is 2.07. The maximum atomic E-state index is 12.0.